The average Bonchev–Trinajstić information content (AvgIpc) is 2.78. The summed E-state index contributed by atoms with van der Waals surface area (Å²) in [4.78, 5) is 11.6. The summed E-state index contributed by atoms with van der Waals surface area (Å²) in [5.41, 5.74) is -4.03. The lowest BCUT2D eigenvalue weighted by Crippen LogP contribution is -2.16. The van der Waals surface area contributed by atoms with Crippen LogP contribution in [0.15, 0.2) is 11.2 Å². The smallest absolute Gasteiger partial charge is 0.337 e. The van der Waals surface area contributed by atoms with Crippen molar-refractivity contribution in [3.63, 3.8) is 0 Å². The van der Waals surface area contributed by atoms with Crippen LogP contribution in [0, 0.1) is 58.2 Å². The first kappa shape index (κ1) is 26.3. The fraction of sp³-hybridized carbons (Fsp3) is 0.0556. The van der Waals surface area contributed by atoms with Gasteiger partial charge < -0.3 is 4.55 Å². The molecule has 0 heterocycles. The third kappa shape index (κ3) is 4.88. The van der Waals surface area contributed by atoms with Crippen LogP contribution in [0.5, 0.6) is 0 Å². The Hall–Kier alpha value is -2.94. The maximum Gasteiger partial charge on any atom is 0.337 e. The number of allylic oxidation sites excluding steroid dienone is 1. The predicted molar refractivity (Wildman–Crippen MR) is 88.7 cm³/mol. The first-order valence-electron chi connectivity index (χ1n) is 7.90. The molecule has 2 aromatic rings. The summed E-state index contributed by atoms with van der Waals surface area (Å²) in [5, 5.41) is -2.64. The molecule has 0 aromatic heterocycles. The number of carbonyl (C=O) groups excluding carboxylic acids is 1. The molecule has 0 saturated heterocycles. The number of hydrogen-bond donors (Lipinski definition) is 0. The molecule has 0 amide bonds. The summed E-state index contributed by atoms with van der Waals surface area (Å²) in [5.74, 6) is -31.6. The van der Waals surface area contributed by atoms with Crippen molar-refractivity contribution in [3.05, 3.63) is 80.5 Å². The summed E-state index contributed by atoms with van der Waals surface area (Å²) in [7, 11) is 0. The fourth-order valence-electron chi connectivity index (χ4n) is 2.18. The molecule has 0 aliphatic carbocycles. The van der Waals surface area contributed by atoms with Crippen LogP contribution in [-0.4, -0.2) is 16.1 Å². The molecule has 2 rings (SSSR count). The van der Waals surface area contributed by atoms with Gasteiger partial charge in [-0.05, 0) is 12.2 Å². The molecule has 0 bridgehead atoms. The minimum absolute atomic E-state index is 0.0256. The van der Waals surface area contributed by atoms with Gasteiger partial charge in [0, 0.05) is 11.2 Å². The second-order valence-electron chi connectivity index (χ2n) is 5.81. The topological polar surface area (TPSA) is 40.1 Å². The highest BCUT2D eigenvalue weighted by Gasteiger charge is 2.33. The fourth-order valence-corrected chi connectivity index (χ4v) is 2.96. The van der Waals surface area contributed by atoms with Gasteiger partial charge in [-0.25, -0.2) is 43.9 Å². The molecule has 1 unspecified atom stereocenters. The summed E-state index contributed by atoms with van der Waals surface area (Å²) < 4.78 is 172. The number of benzene rings is 2. The zero-order chi connectivity index (χ0) is 25.4. The van der Waals surface area contributed by atoms with Crippen LogP contribution in [0.2, 0.25) is 0 Å². The van der Waals surface area contributed by atoms with Crippen molar-refractivity contribution in [3.8, 4) is 0 Å². The van der Waals surface area contributed by atoms with Crippen LogP contribution in [0.1, 0.15) is 11.1 Å². The van der Waals surface area contributed by atoms with Gasteiger partial charge in [0.05, 0.1) is 11.1 Å². The molecular formula is C18H4F12O2S. The van der Waals surface area contributed by atoms with E-state index in [9.17, 15) is 62.0 Å². The van der Waals surface area contributed by atoms with Crippen molar-refractivity contribution < 1.29 is 62.0 Å². The highest BCUT2D eigenvalue weighted by molar-refractivity contribution is 7.95. The lowest BCUT2D eigenvalue weighted by Gasteiger charge is -2.09. The number of rotatable bonds is 6. The van der Waals surface area contributed by atoms with Crippen molar-refractivity contribution in [1.82, 2.24) is 0 Å². The van der Waals surface area contributed by atoms with E-state index in [1.54, 1.807) is 0 Å². The van der Waals surface area contributed by atoms with Crippen LogP contribution in [0.4, 0.5) is 52.7 Å². The lowest BCUT2D eigenvalue weighted by atomic mass is 10.1. The highest BCUT2D eigenvalue weighted by atomic mass is 32.2. The van der Waals surface area contributed by atoms with E-state index in [2.05, 4.69) is 0 Å². The molecule has 2 aromatic carbocycles. The van der Waals surface area contributed by atoms with E-state index in [-0.39, 0.29) is 12.2 Å². The van der Waals surface area contributed by atoms with Gasteiger partial charge in [-0.3, -0.25) is 4.79 Å². The van der Waals surface area contributed by atoms with Gasteiger partial charge in [0.15, 0.2) is 52.3 Å². The van der Waals surface area contributed by atoms with Crippen molar-refractivity contribution in [1.29, 1.82) is 0 Å². The first-order chi connectivity index (χ1) is 15.2. The minimum atomic E-state index is -3.47. The van der Waals surface area contributed by atoms with E-state index in [0.29, 0.717) is 0 Å². The molecule has 0 fully saturated rings. The van der Waals surface area contributed by atoms with Crippen molar-refractivity contribution in [2.45, 2.75) is 0 Å². The highest BCUT2D eigenvalue weighted by Crippen LogP contribution is 2.33. The Kier molecular flexibility index (Phi) is 7.90. The summed E-state index contributed by atoms with van der Waals surface area (Å²) in [6.07, 6.45) is 0.0810. The Morgan fingerprint density at radius 2 is 1.03 bits per heavy atom. The maximum absolute atomic E-state index is 14.0. The van der Waals surface area contributed by atoms with Crippen molar-refractivity contribution >= 4 is 28.9 Å². The van der Waals surface area contributed by atoms with Crippen LogP contribution >= 0.6 is 0 Å². The molecule has 0 aliphatic heterocycles. The minimum Gasteiger partial charge on any atom is -0.609 e. The third-order valence-corrected chi connectivity index (χ3v) is 4.88. The van der Waals surface area contributed by atoms with E-state index in [4.69, 9.17) is 0 Å². The lowest BCUT2D eigenvalue weighted by molar-refractivity contribution is -0.112. The number of halogens is 12. The Bertz CT molecular complexity index is 1150. The van der Waals surface area contributed by atoms with Gasteiger partial charge in [0.2, 0.25) is 23.2 Å². The van der Waals surface area contributed by atoms with E-state index in [1.807, 2.05) is 0 Å². The van der Waals surface area contributed by atoms with Crippen LogP contribution in [-0.2, 0) is 16.0 Å². The molecule has 33 heavy (non-hydrogen) atoms. The number of ketones is 1. The molecule has 1 atom stereocenters. The molecule has 0 radical (unpaired) electrons. The van der Waals surface area contributed by atoms with Gasteiger partial charge in [0.25, 0.3) is 0 Å². The Morgan fingerprint density at radius 3 is 1.45 bits per heavy atom. The zero-order valence-corrected chi connectivity index (χ0v) is 15.9. The van der Waals surface area contributed by atoms with Crippen molar-refractivity contribution in [2.75, 3.05) is 5.75 Å². The zero-order valence-electron chi connectivity index (χ0n) is 15.1. The first-order valence-corrected chi connectivity index (χ1v) is 9.21. The molecule has 0 N–H and O–H groups in total. The average molecular weight is 512 g/mol. The van der Waals surface area contributed by atoms with E-state index in [1.165, 1.54) is 0 Å². The Labute approximate surface area is 178 Å². The largest absolute Gasteiger partial charge is 0.609 e. The Balaban J connectivity index is 2.34. The molecule has 15 heteroatoms. The van der Waals surface area contributed by atoms with Gasteiger partial charge >= 0.3 is 5.16 Å². The number of carbonyl (C=O) groups is 1. The second-order valence-corrected chi connectivity index (χ2v) is 7.14. The SMILES string of the molecule is O=C(/C=C/c1c(F)c(F)c(F)c(F)c1F)C[S+]([O-])/C(F)=C(/F)c1c(F)c(F)c(F)c(F)c1F. The summed E-state index contributed by atoms with van der Waals surface area (Å²) in [6.45, 7) is 0. The monoisotopic (exact) mass is 512 g/mol. The molecule has 0 spiro atoms. The predicted octanol–water partition coefficient (Wildman–Crippen LogP) is 5.67. The van der Waals surface area contributed by atoms with Gasteiger partial charge in [-0.1, -0.05) is 0 Å². The van der Waals surface area contributed by atoms with Gasteiger partial charge in [-0.2, -0.15) is 4.39 Å². The molecule has 0 aliphatic rings. The molecule has 2 nitrogen and oxygen atoms in total. The normalized spacial score (nSPS) is 13.5. The van der Waals surface area contributed by atoms with E-state index >= 15 is 0 Å². The maximum atomic E-state index is 14.0. The molecular weight excluding hydrogens is 508 g/mol. The van der Waals surface area contributed by atoms with Crippen LogP contribution in [0.3, 0.4) is 0 Å². The van der Waals surface area contributed by atoms with E-state index in [0.717, 1.165) is 0 Å². The molecule has 0 saturated carbocycles. The van der Waals surface area contributed by atoms with E-state index < -0.39 is 103 Å². The second kappa shape index (κ2) is 9.91. The Morgan fingerprint density at radius 1 is 0.667 bits per heavy atom. The third-order valence-electron chi connectivity index (χ3n) is 3.75. The quantitative estimate of drug-likeness (QED) is 0.165. The number of hydrogen-bond acceptors (Lipinski definition) is 2. The van der Waals surface area contributed by atoms with Crippen LogP contribution in [0.25, 0.3) is 11.9 Å². The summed E-state index contributed by atoms with van der Waals surface area (Å²) >= 11 is -3.47. The standard InChI is InChI=1S/C18H4F12O2S/c19-7-5(8(20)13(25)16(28)12(7)24)2-1-4(31)3-33(32)18(30)11(23)6-9(21)14(26)17(29)15(27)10(6)22/h1-2H,3H2/b2-1+,18-11+. The van der Waals surface area contributed by atoms with Crippen LogP contribution < -0.4 is 0 Å². The summed E-state index contributed by atoms with van der Waals surface area (Å²) in [6, 6.07) is 0. The molecule has 178 valence electrons. The van der Waals surface area contributed by atoms with Crippen molar-refractivity contribution in [2.24, 2.45) is 0 Å². The van der Waals surface area contributed by atoms with Gasteiger partial charge in [-0.15, -0.1) is 4.39 Å². The van der Waals surface area contributed by atoms with Gasteiger partial charge in [0.1, 0.15) is 0 Å².